The molecule has 0 amide bonds. The lowest BCUT2D eigenvalue weighted by atomic mass is 9.90. The Labute approximate surface area is 180 Å². The lowest BCUT2D eigenvalue weighted by Gasteiger charge is -2.23. The van der Waals surface area contributed by atoms with E-state index in [1.54, 1.807) is 27.8 Å². The molecule has 156 valence electrons. The monoisotopic (exact) mass is 412 g/mol. The molecule has 0 saturated carbocycles. The van der Waals surface area contributed by atoms with Gasteiger partial charge in [0.05, 0.1) is 23.3 Å². The summed E-state index contributed by atoms with van der Waals surface area (Å²) in [5, 5.41) is 9.10. The number of para-hydroxylation sites is 1. The first kappa shape index (κ1) is 19.5. The van der Waals surface area contributed by atoms with Gasteiger partial charge < -0.3 is 4.74 Å². The van der Waals surface area contributed by atoms with Crippen LogP contribution in [0.3, 0.4) is 0 Å². The van der Waals surface area contributed by atoms with Crippen molar-refractivity contribution in [1.82, 2.24) is 19.6 Å². The molecule has 0 aliphatic carbocycles. The lowest BCUT2D eigenvalue weighted by molar-refractivity contribution is 0.0853. The Kier molecular flexibility index (Phi) is 5.22. The Hall–Kier alpha value is -3.51. The van der Waals surface area contributed by atoms with Crippen LogP contribution in [0.4, 0.5) is 0 Å². The molecule has 0 bridgehead atoms. The Balaban J connectivity index is 1.53. The average Bonchev–Trinajstić information content (AvgIpc) is 3.30. The van der Waals surface area contributed by atoms with Crippen LogP contribution in [-0.2, 0) is 4.74 Å². The second kappa shape index (κ2) is 8.32. The molecule has 0 unspecified atom stereocenters. The van der Waals surface area contributed by atoms with Crippen molar-refractivity contribution in [2.75, 3.05) is 13.2 Å². The van der Waals surface area contributed by atoms with E-state index in [1.807, 2.05) is 36.4 Å². The lowest BCUT2D eigenvalue weighted by Crippen LogP contribution is -2.16. The third-order valence-corrected chi connectivity index (χ3v) is 5.85. The van der Waals surface area contributed by atoms with Gasteiger partial charge in [0.1, 0.15) is 0 Å². The van der Waals surface area contributed by atoms with Crippen LogP contribution in [0, 0.1) is 6.92 Å². The molecular formula is C25H24N4O2. The van der Waals surface area contributed by atoms with Gasteiger partial charge in [-0.3, -0.25) is 4.79 Å². The Morgan fingerprint density at radius 2 is 1.81 bits per heavy atom. The minimum Gasteiger partial charge on any atom is -0.381 e. The first-order valence-electron chi connectivity index (χ1n) is 10.6. The van der Waals surface area contributed by atoms with E-state index in [0.29, 0.717) is 17.3 Å². The number of benzene rings is 2. The van der Waals surface area contributed by atoms with Gasteiger partial charge in [-0.2, -0.15) is 10.2 Å². The molecule has 6 heteroatoms. The number of nitrogens with zero attached hydrogens (tertiary/aromatic N) is 4. The van der Waals surface area contributed by atoms with E-state index in [4.69, 9.17) is 9.84 Å². The van der Waals surface area contributed by atoms with Gasteiger partial charge in [0.25, 0.3) is 0 Å². The highest BCUT2D eigenvalue weighted by molar-refractivity contribution is 5.57. The van der Waals surface area contributed by atoms with Crippen LogP contribution in [0.25, 0.3) is 22.8 Å². The van der Waals surface area contributed by atoms with Gasteiger partial charge in [-0.05, 0) is 61.1 Å². The molecule has 1 aliphatic rings. The summed E-state index contributed by atoms with van der Waals surface area (Å²) in [4.78, 5) is 12.7. The number of hydrogen-bond acceptors (Lipinski definition) is 4. The molecule has 2 aromatic heterocycles. The third-order valence-electron chi connectivity index (χ3n) is 5.85. The third kappa shape index (κ3) is 3.82. The van der Waals surface area contributed by atoms with Crippen LogP contribution in [0.15, 0.2) is 77.9 Å². The van der Waals surface area contributed by atoms with Crippen LogP contribution in [-0.4, -0.2) is 32.8 Å². The van der Waals surface area contributed by atoms with Gasteiger partial charge in [0.15, 0.2) is 5.69 Å². The number of aryl methyl sites for hydroxylation is 1. The summed E-state index contributed by atoms with van der Waals surface area (Å²) in [6.07, 6.45) is 5.53. The summed E-state index contributed by atoms with van der Waals surface area (Å²) in [5.74, 6) is 0.541. The van der Waals surface area contributed by atoms with Crippen molar-refractivity contribution < 1.29 is 4.74 Å². The van der Waals surface area contributed by atoms with E-state index >= 15 is 0 Å². The number of hydrogen-bond donors (Lipinski definition) is 0. The quantitative estimate of drug-likeness (QED) is 0.502. The normalized spacial score (nSPS) is 14.6. The molecule has 0 N–H and O–H groups in total. The Morgan fingerprint density at radius 3 is 2.58 bits per heavy atom. The molecule has 4 aromatic rings. The molecule has 1 saturated heterocycles. The van der Waals surface area contributed by atoms with E-state index < -0.39 is 0 Å². The highest BCUT2D eigenvalue weighted by atomic mass is 16.5. The first-order chi connectivity index (χ1) is 15.2. The van der Waals surface area contributed by atoms with Crippen molar-refractivity contribution in [1.29, 1.82) is 0 Å². The summed E-state index contributed by atoms with van der Waals surface area (Å²) in [6.45, 7) is 3.74. The SMILES string of the molecule is Cc1cc(C2CCOCC2)ccc1-n1ccc(=O)c(-c2ccnn2-c2ccccc2)n1. The summed E-state index contributed by atoms with van der Waals surface area (Å²) < 4.78 is 9.02. The van der Waals surface area contributed by atoms with Gasteiger partial charge in [-0.1, -0.05) is 30.3 Å². The van der Waals surface area contributed by atoms with Gasteiger partial charge in [-0.15, -0.1) is 0 Å². The molecule has 1 aliphatic heterocycles. The molecular weight excluding hydrogens is 388 g/mol. The van der Waals surface area contributed by atoms with Crippen molar-refractivity contribution >= 4 is 0 Å². The van der Waals surface area contributed by atoms with Gasteiger partial charge in [0, 0.05) is 25.5 Å². The van der Waals surface area contributed by atoms with Gasteiger partial charge >= 0.3 is 0 Å². The summed E-state index contributed by atoms with van der Waals surface area (Å²) in [6, 6.07) is 19.6. The summed E-state index contributed by atoms with van der Waals surface area (Å²) in [5.41, 5.74) is 5.22. The maximum absolute atomic E-state index is 12.7. The number of aromatic nitrogens is 4. The van der Waals surface area contributed by atoms with Crippen LogP contribution in [0.5, 0.6) is 0 Å². The molecule has 0 radical (unpaired) electrons. The maximum atomic E-state index is 12.7. The zero-order chi connectivity index (χ0) is 21.2. The second-order valence-electron chi connectivity index (χ2n) is 7.87. The fourth-order valence-corrected chi connectivity index (χ4v) is 4.20. The number of ether oxygens (including phenoxy) is 1. The topological polar surface area (TPSA) is 61.9 Å². The van der Waals surface area contributed by atoms with Crippen molar-refractivity contribution in [2.24, 2.45) is 0 Å². The number of rotatable bonds is 4. The smallest absolute Gasteiger partial charge is 0.209 e. The van der Waals surface area contributed by atoms with Crippen LogP contribution >= 0.6 is 0 Å². The highest BCUT2D eigenvalue weighted by Crippen LogP contribution is 2.29. The Bertz CT molecular complexity index is 1250. The van der Waals surface area contributed by atoms with E-state index in [-0.39, 0.29) is 5.43 Å². The van der Waals surface area contributed by atoms with Crippen LogP contribution in [0.1, 0.15) is 29.9 Å². The zero-order valence-corrected chi connectivity index (χ0v) is 17.4. The van der Waals surface area contributed by atoms with E-state index in [1.165, 1.54) is 5.56 Å². The molecule has 1 fully saturated rings. The van der Waals surface area contributed by atoms with Crippen molar-refractivity contribution in [3.63, 3.8) is 0 Å². The second-order valence-corrected chi connectivity index (χ2v) is 7.87. The van der Waals surface area contributed by atoms with Crippen molar-refractivity contribution in [3.05, 3.63) is 94.4 Å². The van der Waals surface area contributed by atoms with Gasteiger partial charge in [0.2, 0.25) is 5.43 Å². The van der Waals surface area contributed by atoms with E-state index in [2.05, 4.69) is 30.2 Å². The molecule has 6 nitrogen and oxygen atoms in total. The molecule has 0 atom stereocenters. The maximum Gasteiger partial charge on any atom is 0.209 e. The first-order valence-corrected chi connectivity index (χ1v) is 10.6. The summed E-state index contributed by atoms with van der Waals surface area (Å²) >= 11 is 0. The molecule has 5 rings (SSSR count). The summed E-state index contributed by atoms with van der Waals surface area (Å²) in [7, 11) is 0. The minimum atomic E-state index is -0.134. The van der Waals surface area contributed by atoms with Crippen LogP contribution in [0.2, 0.25) is 0 Å². The fraction of sp³-hybridized carbons (Fsp3) is 0.240. The average molecular weight is 412 g/mol. The van der Waals surface area contributed by atoms with E-state index in [9.17, 15) is 4.79 Å². The molecule has 31 heavy (non-hydrogen) atoms. The Morgan fingerprint density at radius 1 is 1.00 bits per heavy atom. The predicted octanol–water partition coefficient (Wildman–Crippen LogP) is 4.29. The minimum absolute atomic E-state index is 0.134. The van der Waals surface area contributed by atoms with Crippen molar-refractivity contribution in [3.8, 4) is 22.8 Å². The highest BCUT2D eigenvalue weighted by Gasteiger charge is 2.18. The van der Waals surface area contributed by atoms with Crippen molar-refractivity contribution in [2.45, 2.75) is 25.7 Å². The zero-order valence-electron chi connectivity index (χ0n) is 17.4. The fourth-order valence-electron chi connectivity index (χ4n) is 4.20. The largest absolute Gasteiger partial charge is 0.381 e. The standard InChI is InChI=1S/C25H24N4O2/c1-18-17-20(19-11-15-31-16-12-19)7-8-22(18)28-14-10-24(30)25(27-28)23-9-13-26-29(23)21-5-3-2-4-6-21/h2-10,13-14,17,19H,11-12,15-16H2,1H3. The van der Waals surface area contributed by atoms with E-state index in [0.717, 1.165) is 43.0 Å². The molecule has 3 heterocycles. The molecule has 0 spiro atoms. The van der Waals surface area contributed by atoms with Crippen LogP contribution < -0.4 is 5.43 Å². The molecule has 2 aromatic carbocycles. The predicted molar refractivity (Wildman–Crippen MR) is 120 cm³/mol. The van der Waals surface area contributed by atoms with Gasteiger partial charge in [-0.25, -0.2) is 9.36 Å².